The van der Waals surface area contributed by atoms with Crippen molar-refractivity contribution in [2.45, 2.75) is 73.6 Å². The van der Waals surface area contributed by atoms with Crippen LogP contribution in [0.25, 0.3) is 0 Å². The van der Waals surface area contributed by atoms with Crippen molar-refractivity contribution >= 4 is 16.1 Å². The number of aliphatic hydroxyl groups excluding tert-OH is 2. The second-order valence-corrected chi connectivity index (χ2v) is 13.4. The number of piperidine rings is 2. The lowest BCUT2D eigenvalue weighted by atomic mass is 9.90. The van der Waals surface area contributed by atoms with Crippen molar-refractivity contribution in [1.82, 2.24) is 14.1 Å². The average molecular weight is 626 g/mol. The predicted octanol–water partition coefficient (Wildman–Crippen LogP) is 3.81. The molecule has 43 heavy (non-hydrogen) atoms. The van der Waals surface area contributed by atoms with Crippen molar-refractivity contribution in [1.29, 1.82) is 0 Å². The Hall–Kier alpha value is -2.71. The van der Waals surface area contributed by atoms with Gasteiger partial charge >= 0.3 is 6.09 Å². The first-order chi connectivity index (χ1) is 20.6. The molecule has 5 rings (SSSR count). The highest BCUT2D eigenvalue weighted by atomic mass is 32.2. The van der Waals surface area contributed by atoms with Gasteiger partial charge in [-0.2, -0.15) is 4.31 Å². The Morgan fingerprint density at radius 2 is 1.65 bits per heavy atom. The van der Waals surface area contributed by atoms with Gasteiger partial charge in [-0.1, -0.05) is 12.1 Å². The summed E-state index contributed by atoms with van der Waals surface area (Å²) in [6, 6.07) is 6.58. The topological polar surface area (TPSA) is 111 Å². The van der Waals surface area contributed by atoms with Crippen LogP contribution in [0.2, 0.25) is 0 Å². The number of carbonyl (C=O) groups is 1. The number of aliphatic hydroxyl groups is 2. The molecule has 2 saturated heterocycles. The van der Waals surface area contributed by atoms with Gasteiger partial charge in [0.2, 0.25) is 10.0 Å². The molecule has 2 aromatic carbocycles. The van der Waals surface area contributed by atoms with Crippen molar-refractivity contribution < 1.29 is 41.3 Å². The lowest BCUT2D eigenvalue weighted by Gasteiger charge is -2.45. The van der Waals surface area contributed by atoms with Gasteiger partial charge in [0.15, 0.2) is 11.6 Å². The highest BCUT2D eigenvalue weighted by Gasteiger charge is 2.60. The summed E-state index contributed by atoms with van der Waals surface area (Å²) >= 11 is 0. The Kier molecular flexibility index (Phi) is 9.67. The third-order valence-electron chi connectivity index (χ3n) is 8.92. The number of rotatable bonds is 10. The maximum absolute atomic E-state index is 14.3. The van der Waals surface area contributed by atoms with Gasteiger partial charge in [-0.15, -0.1) is 0 Å². The maximum atomic E-state index is 14.3. The Balaban J connectivity index is 1.40. The molecule has 3 fully saturated rings. The SMILES string of the molecule is O=C(OC1([C@H]2CCC[C@@H](c3cccc(F)c3)N2S(=O)(=O)c2ccc(F)c(F)c2)CC1)N1CCC(N(CCO)CCO)CC1. The first-order valence-corrected chi connectivity index (χ1v) is 16.2. The number of nitrogens with zero attached hydrogens (tertiary/aromatic N) is 3. The second kappa shape index (κ2) is 13.1. The molecule has 2 N–H and O–H groups in total. The zero-order chi connectivity index (χ0) is 30.8. The number of carbonyl (C=O) groups excluding carboxylic acids is 1. The van der Waals surface area contributed by atoms with Gasteiger partial charge < -0.3 is 19.8 Å². The van der Waals surface area contributed by atoms with E-state index in [0.29, 0.717) is 82.8 Å². The summed E-state index contributed by atoms with van der Waals surface area (Å²) in [5, 5.41) is 18.7. The van der Waals surface area contributed by atoms with Crippen LogP contribution in [0, 0.1) is 17.5 Å². The molecule has 2 aliphatic heterocycles. The fraction of sp³-hybridized carbons (Fsp3) is 0.567. The van der Waals surface area contributed by atoms with Crippen LogP contribution < -0.4 is 0 Å². The van der Waals surface area contributed by atoms with E-state index in [2.05, 4.69) is 0 Å². The van der Waals surface area contributed by atoms with Crippen LogP contribution in [-0.2, 0) is 14.8 Å². The van der Waals surface area contributed by atoms with E-state index in [0.717, 1.165) is 12.1 Å². The fourth-order valence-electron chi connectivity index (χ4n) is 6.61. The minimum Gasteiger partial charge on any atom is -0.441 e. The molecule has 2 atom stereocenters. The molecule has 0 unspecified atom stereocenters. The largest absolute Gasteiger partial charge is 0.441 e. The van der Waals surface area contributed by atoms with E-state index in [1.165, 1.54) is 22.5 Å². The Morgan fingerprint density at radius 3 is 2.26 bits per heavy atom. The molecule has 236 valence electrons. The van der Waals surface area contributed by atoms with E-state index in [1.807, 2.05) is 4.90 Å². The molecular weight excluding hydrogens is 587 g/mol. The summed E-state index contributed by atoms with van der Waals surface area (Å²) in [7, 11) is -4.44. The van der Waals surface area contributed by atoms with Crippen molar-refractivity contribution in [2.75, 3.05) is 39.4 Å². The molecule has 13 heteroatoms. The molecule has 0 bridgehead atoms. The summed E-state index contributed by atoms with van der Waals surface area (Å²) in [6.45, 7) is 1.59. The predicted molar refractivity (Wildman–Crippen MR) is 151 cm³/mol. The van der Waals surface area contributed by atoms with Crippen molar-refractivity contribution in [2.24, 2.45) is 0 Å². The monoisotopic (exact) mass is 625 g/mol. The van der Waals surface area contributed by atoms with Gasteiger partial charge in [0.25, 0.3) is 0 Å². The van der Waals surface area contributed by atoms with E-state index >= 15 is 0 Å². The molecule has 9 nitrogen and oxygen atoms in total. The lowest BCUT2D eigenvalue weighted by Crippen LogP contribution is -2.55. The molecule has 2 heterocycles. The van der Waals surface area contributed by atoms with E-state index in [4.69, 9.17) is 4.74 Å². The standard InChI is InChI=1S/C30H38F3N3O6S/c31-22-4-1-3-21(19-22)27-5-2-6-28(36(27)43(40,41)24-7-8-25(32)26(33)20-24)30(11-12-30)42-29(39)35-13-9-23(10-14-35)34(15-17-37)16-18-38/h1,3-4,7-8,19-20,23,27-28,37-38H,2,5-6,9-18H2/t27-,28+/m0/s1. The van der Waals surface area contributed by atoms with Crippen molar-refractivity contribution in [3.8, 4) is 0 Å². The smallest absolute Gasteiger partial charge is 0.410 e. The highest BCUT2D eigenvalue weighted by molar-refractivity contribution is 7.89. The quantitative estimate of drug-likeness (QED) is 0.413. The summed E-state index contributed by atoms with van der Waals surface area (Å²) in [5.74, 6) is -3.01. The van der Waals surface area contributed by atoms with E-state index in [1.54, 1.807) is 11.0 Å². The maximum Gasteiger partial charge on any atom is 0.410 e. The summed E-state index contributed by atoms with van der Waals surface area (Å²) < 4.78 is 77.9. The fourth-order valence-corrected chi connectivity index (χ4v) is 8.54. The molecule has 3 aliphatic rings. The number of hydrogen-bond donors (Lipinski definition) is 2. The molecule has 1 amide bonds. The number of sulfonamides is 1. The van der Waals surface area contributed by atoms with Gasteiger partial charge in [0.1, 0.15) is 11.4 Å². The lowest BCUT2D eigenvalue weighted by molar-refractivity contribution is -0.0147. The molecular formula is C30H38F3N3O6S. The number of benzene rings is 2. The Bertz CT molecular complexity index is 1400. The summed E-state index contributed by atoms with van der Waals surface area (Å²) in [5.41, 5.74) is -0.680. The van der Waals surface area contributed by atoms with Crippen LogP contribution in [0.15, 0.2) is 47.4 Å². The van der Waals surface area contributed by atoms with Gasteiger partial charge in [-0.25, -0.2) is 26.4 Å². The molecule has 0 radical (unpaired) electrons. The van der Waals surface area contributed by atoms with E-state index in [9.17, 15) is 36.6 Å². The number of amides is 1. The Morgan fingerprint density at radius 1 is 0.953 bits per heavy atom. The van der Waals surface area contributed by atoms with Crippen LogP contribution >= 0.6 is 0 Å². The number of likely N-dealkylation sites (tertiary alicyclic amines) is 1. The van der Waals surface area contributed by atoms with Gasteiger partial charge in [0.05, 0.1) is 30.2 Å². The summed E-state index contributed by atoms with van der Waals surface area (Å²) in [6.07, 6.45) is 2.91. The normalized spacial score (nSPS) is 23.0. The summed E-state index contributed by atoms with van der Waals surface area (Å²) in [4.78, 5) is 16.6. The zero-order valence-corrected chi connectivity index (χ0v) is 24.7. The van der Waals surface area contributed by atoms with Gasteiger partial charge in [-0.3, -0.25) is 4.90 Å². The van der Waals surface area contributed by atoms with E-state index < -0.39 is 56.1 Å². The van der Waals surface area contributed by atoms with Gasteiger partial charge in [-0.05, 0) is 80.8 Å². The number of halogens is 3. The van der Waals surface area contributed by atoms with Crippen LogP contribution in [-0.4, -0.2) is 95.9 Å². The minimum absolute atomic E-state index is 0.0350. The number of hydrogen-bond acceptors (Lipinski definition) is 7. The average Bonchev–Trinajstić information content (AvgIpc) is 3.78. The third-order valence-corrected chi connectivity index (χ3v) is 10.8. The highest BCUT2D eigenvalue weighted by Crippen LogP contribution is 2.52. The molecule has 0 spiro atoms. The van der Waals surface area contributed by atoms with Crippen LogP contribution in [0.1, 0.15) is 56.6 Å². The molecule has 2 aromatic rings. The van der Waals surface area contributed by atoms with Crippen molar-refractivity contribution in [3.63, 3.8) is 0 Å². The Labute approximate surface area is 249 Å². The molecule has 1 saturated carbocycles. The first-order valence-electron chi connectivity index (χ1n) is 14.8. The van der Waals surface area contributed by atoms with Crippen LogP contribution in [0.5, 0.6) is 0 Å². The second-order valence-electron chi connectivity index (χ2n) is 11.6. The van der Waals surface area contributed by atoms with E-state index in [-0.39, 0.29) is 19.3 Å². The molecule has 1 aliphatic carbocycles. The van der Waals surface area contributed by atoms with Crippen molar-refractivity contribution in [3.05, 3.63) is 65.5 Å². The van der Waals surface area contributed by atoms with Gasteiger partial charge in [0, 0.05) is 32.2 Å². The minimum atomic E-state index is -4.44. The molecule has 0 aromatic heterocycles. The third kappa shape index (κ3) is 6.70. The van der Waals surface area contributed by atoms with Crippen LogP contribution in [0.3, 0.4) is 0 Å². The van der Waals surface area contributed by atoms with Crippen LogP contribution in [0.4, 0.5) is 18.0 Å². The zero-order valence-electron chi connectivity index (χ0n) is 23.9. The first kappa shape index (κ1) is 31.7. The number of ether oxygens (including phenoxy) is 1.